The summed E-state index contributed by atoms with van der Waals surface area (Å²) in [6.45, 7) is 8.90. The second-order valence-corrected chi connectivity index (χ2v) is 7.17. The Kier molecular flexibility index (Phi) is 4.78. The van der Waals surface area contributed by atoms with Gasteiger partial charge in [-0.3, -0.25) is 0 Å². The first-order chi connectivity index (χ1) is 9.33. The molecule has 3 nitrogen and oxygen atoms in total. The van der Waals surface area contributed by atoms with Crippen molar-refractivity contribution < 1.29 is 0 Å². The SMILES string of the molecule is NCC1CCC(CN2CCN(CC3CC3)CC2)CC1. The molecule has 3 fully saturated rings. The van der Waals surface area contributed by atoms with Crippen LogP contribution < -0.4 is 5.73 Å². The van der Waals surface area contributed by atoms with Gasteiger partial charge in [0.25, 0.3) is 0 Å². The number of nitrogens with two attached hydrogens (primary N) is 1. The van der Waals surface area contributed by atoms with E-state index in [1.165, 1.54) is 77.8 Å². The molecule has 0 unspecified atom stereocenters. The maximum Gasteiger partial charge on any atom is 0.0110 e. The van der Waals surface area contributed by atoms with E-state index in [4.69, 9.17) is 5.73 Å². The summed E-state index contributed by atoms with van der Waals surface area (Å²) >= 11 is 0. The van der Waals surface area contributed by atoms with Crippen molar-refractivity contribution in [2.24, 2.45) is 23.5 Å². The number of hydrogen-bond acceptors (Lipinski definition) is 3. The third-order valence-electron chi connectivity index (χ3n) is 5.49. The molecule has 0 aromatic carbocycles. The highest BCUT2D eigenvalue weighted by atomic mass is 15.3. The van der Waals surface area contributed by atoms with Crippen molar-refractivity contribution in [2.45, 2.75) is 38.5 Å². The van der Waals surface area contributed by atoms with Crippen LogP contribution in [0.3, 0.4) is 0 Å². The van der Waals surface area contributed by atoms with Gasteiger partial charge >= 0.3 is 0 Å². The molecule has 3 aliphatic rings. The van der Waals surface area contributed by atoms with Gasteiger partial charge in [-0.15, -0.1) is 0 Å². The molecule has 0 bridgehead atoms. The molecule has 0 aromatic heterocycles. The third kappa shape index (κ3) is 4.17. The van der Waals surface area contributed by atoms with Gasteiger partial charge in [-0.05, 0) is 62.8 Å². The average Bonchev–Trinajstić information content (AvgIpc) is 3.26. The lowest BCUT2D eigenvalue weighted by Gasteiger charge is -2.38. The molecular formula is C16H31N3. The van der Waals surface area contributed by atoms with Crippen molar-refractivity contribution in [3.05, 3.63) is 0 Å². The lowest BCUT2D eigenvalue weighted by molar-refractivity contribution is 0.102. The molecule has 3 rings (SSSR count). The lowest BCUT2D eigenvalue weighted by Crippen LogP contribution is -2.48. The Balaban J connectivity index is 1.33. The largest absolute Gasteiger partial charge is 0.330 e. The van der Waals surface area contributed by atoms with Gasteiger partial charge in [0.2, 0.25) is 0 Å². The zero-order valence-electron chi connectivity index (χ0n) is 12.4. The van der Waals surface area contributed by atoms with Crippen LogP contribution in [0.4, 0.5) is 0 Å². The average molecular weight is 265 g/mol. The van der Waals surface area contributed by atoms with E-state index < -0.39 is 0 Å². The number of nitrogens with zero attached hydrogens (tertiary/aromatic N) is 2. The Hall–Kier alpha value is -0.120. The van der Waals surface area contributed by atoms with Crippen LogP contribution in [-0.2, 0) is 0 Å². The molecule has 0 radical (unpaired) electrons. The summed E-state index contributed by atoms with van der Waals surface area (Å²) in [4.78, 5) is 5.41. The molecule has 2 N–H and O–H groups in total. The van der Waals surface area contributed by atoms with Crippen LogP contribution in [-0.4, -0.2) is 55.6 Å². The van der Waals surface area contributed by atoms with Crippen LogP contribution >= 0.6 is 0 Å². The van der Waals surface area contributed by atoms with Gasteiger partial charge in [0.15, 0.2) is 0 Å². The molecule has 1 saturated heterocycles. The van der Waals surface area contributed by atoms with E-state index in [0.717, 1.165) is 24.3 Å². The standard InChI is InChI=1S/C16H31N3/c17-11-14-1-3-15(4-2-14)12-18-7-9-19(10-8-18)13-16-5-6-16/h14-16H,1-13,17H2. The van der Waals surface area contributed by atoms with Crippen LogP contribution in [0.15, 0.2) is 0 Å². The fourth-order valence-corrected chi connectivity index (χ4v) is 3.83. The van der Waals surface area contributed by atoms with E-state index in [2.05, 4.69) is 9.80 Å². The topological polar surface area (TPSA) is 32.5 Å². The minimum absolute atomic E-state index is 0.826. The van der Waals surface area contributed by atoms with E-state index in [0.29, 0.717) is 0 Å². The van der Waals surface area contributed by atoms with Crippen molar-refractivity contribution in [1.82, 2.24) is 9.80 Å². The highest BCUT2D eigenvalue weighted by Crippen LogP contribution is 2.31. The Morgan fingerprint density at radius 2 is 1.00 bits per heavy atom. The quantitative estimate of drug-likeness (QED) is 0.822. The molecule has 0 aromatic rings. The van der Waals surface area contributed by atoms with Crippen LogP contribution in [0.1, 0.15) is 38.5 Å². The molecular weight excluding hydrogens is 234 g/mol. The van der Waals surface area contributed by atoms with Crippen LogP contribution in [0.5, 0.6) is 0 Å². The summed E-state index contributed by atoms with van der Waals surface area (Å²) in [5.41, 5.74) is 5.78. The summed E-state index contributed by atoms with van der Waals surface area (Å²) in [5, 5.41) is 0. The first-order valence-corrected chi connectivity index (χ1v) is 8.48. The smallest absolute Gasteiger partial charge is 0.0110 e. The fourth-order valence-electron chi connectivity index (χ4n) is 3.83. The summed E-state index contributed by atoms with van der Waals surface area (Å²) in [7, 11) is 0. The van der Waals surface area contributed by atoms with Crippen LogP contribution in [0, 0.1) is 17.8 Å². The molecule has 0 amide bonds. The summed E-state index contributed by atoms with van der Waals surface area (Å²) in [6, 6.07) is 0. The van der Waals surface area contributed by atoms with Gasteiger partial charge in [-0.2, -0.15) is 0 Å². The van der Waals surface area contributed by atoms with Gasteiger partial charge in [-0.25, -0.2) is 0 Å². The normalized spacial score (nSPS) is 34.6. The first kappa shape index (κ1) is 13.8. The fraction of sp³-hybridized carbons (Fsp3) is 1.00. The monoisotopic (exact) mass is 265 g/mol. The Morgan fingerprint density at radius 1 is 0.632 bits per heavy atom. The van der Waals surface area contributed by atoms with Crippen molar-refractivity contribution in [3.8, 4) is 0 Å². The van der Waals surface area contributed by atoms with E-state index in [1.807, 2.05) is 0 Å². The molecule has 2 aliphatic carbocycles. The molecule has 3 heteroatoms. The van der Waals surface area contributed by atoms with Crippen LogP contribution in [0.25, 0.3) is 0 Å². The van der Waals surface area contributed by atoms with E-state index >= 15 is 0 Å². The number of piperazine rings is 1. The Labute approximate surface area is 118 Å². The van der Waals surface area contributed by atoms with Crippen molar-refractivity contribution in [1.29, 1.82) is 0 Å². The van der Waals surface area contributed by atoms with Crippen molar-refractivity contribution >= 4 is 0 Å². The maximum absolute atomic E-state index is 5.78. The minimum Gasteiger partial charge on any atom is -0.330 e. The van der Waals surface area contributed by atoms with E-state index in [9.17, 15) is 0 Å². The Morgan fingerprint density at radius 3 is 1.37 bits per heavy atom. The summed E-state index contributed by atoms with van der Waals surface area (Å²) < 4.78 is 0. The second kappa shape index (κ2) is 6.55. The molecule has 19 heavy (non-hydrogen) atoms. The number of hydrogen-bond donors (Lipinski definition) is 1. The van der Waals surface area contributed by atoms with Crippen molar-refractivity contribution in [3.63, 3.8) is 0 Å². The molecule has 0 spiro atoms. The highest BCUT2D eigenvalue weighted by Gasteiger charge is 2.27. The lowest BCUT2D eigenvalue weighted by atomic mass is 9.82. The third-order valence-corrected chi connectivity index (χ3v) is 5.49. The molecule has 1 aliphatic heterocycles. The maximum atomic E-state index is 5.78. The minimum atomic E-state index is 0.826. The van der Waals surface area contributed by atoms with Gasteiger partial charge in [0.05, 0.1) is 0 Å². The van der Waals surface area contributed by atoms with Gasteiger partial charge in [0.1, 0.15) is 0 Å². The van der Waals surface area contributed by atoms with Gasteiger partial charge in [-0.1, -0.05) is 0 Å². The van der Waals surface area contributed by atoms with E-state index in [-0.39, 0.29) is 0 Å². The molecule has 2 saturated carbocycles. The van der Waals surface area contributed by atoms with Gasteiger partial charge < -0.3 is 15.5 Å². The van der Waals surface area contributed by atoms with Crippen LogP contribution in [0.2, 0.25) is 0 Å². The summed E-state index contributed by atoms with van der Waals surface area (Å²) in [6.07, 6.45) is 8.58. The predicted octanol–water partition coefficient (Wildman–Crippen LogP) is 1.78. The highest BCUT2D eigenvalue weighted by molar-refractivity contribution is 4.82. The van der Waals surface area contributed by atoms with Crippen molar-refractivity contribution in [2.75, 3.05) is 45.8 Å². The molecule has 110 valence electrons. The molecule has 1 heterocycles. The Bertz CT molecular complexity index is 261. The second-order valence-electron chi connectivity index (χ2n) is 7.17. The molecule has 0 atom stereocenters. The summed E-state index contributed by atoms with van der Waals surface area (Å²) in [5.74, 6) is 2.84. The zero-order valence-corrected chi connectivity index (χ0v) is 12.4. The van der Waals surface area contributed by atoms with Gasteiger partial charge in [0, 0.05) is 39.3 Å². The number of rotatable bonds is 5. The first-order valence-electron chi connectivity index (χ1n) is 8.48. The zero-order chi connectivity index (χ0) is 13.1. The predicted molar refractivity (Wildman–Crippen MR) is 80.1 cm³/mol. The van der Waals surface area contributed by atoms with E-state index in [1.54, 1.807) is 0 Å².